The number of rotatable bonds is 15. The van der Waals surface area contributed by atoms with E-state index >= 15 is 0 Å². The van der Waals surface area contributed by atoms with E-state index < -0.39 is 39.7 Å². The number of hydrogen-bond donors (Lipinski definition) is 2. The van der Waals surface area contributed by atoms with Gasteiger partial charge in [0, 0.05) is 17.7 Å². The van der Waals surface area contributed by atoms with E-state index in [2.05, 4.69) is 57.2 Å². The Morgan fingerprint density at radius 1 is 0.791 bits per heavy atom. The highest BCUT2D eigenvalue weighted by atomic mass is 32.2. The van der Waals surface area contributed by atoms with Crippen LogP contribution in [0.1, 0.15) is 39.6 Å². The maximum absolute atomic E-state index is 14.8. The van der Waals surface area contributed by atoms with Crippen LogP contribution in [0, 0.1) is 0 Å². The summed E-state index contributed by atoms with van der Waals surface area (Å²) in [6.07, 6.45) is -0.718. The average molecular weight is 943 g/mol. The molecule has 2 amide bonds. The molecule has 2 aliphatic heterocycles. The number of nitrogens with zero attached hydrogens (tertiary/aromatic N) is 4. The number of thioether (sulfide) groups is 2. The molecule has 2 saturated heterocycles. The van der Waals surface area contributed by atoms with Gasteiger partial charge in [0.05, 0.1) is 0 Å². The molecule has 10 rings (SSSR count). The van der Waals surface area contributed by atoms with Crippen LogP contribution < -0.4 is 10.6 Å². The number of thiazole rings is 1. The summed E-state index contributed by atoms with van der Waals surface area (Å²) in [5, 5.41) is 12.8. The third-order valence-electron chi connectivity index (χ3n) is 11.8. The zero-order valence-corrected chi connectivity index (χ0v) is 38.4. The van der Waals surface area contributed by atoms with Crippen molar-refractivity contribution >= 4 is 74.6 Å². The Labute approximate surface area is 398 Å². The van der Waals surface area contributed by atoms with Gasteiger partial charge in [-0.2, -0.15) is 0 Å². The normalized spacial score (nSPS) is 18.2. The second kappa shape index (κ2) is 19.0. The fourth-order valence-corrected chi connectivity index (χ4v) is 12.0. The summed E-state index contributed by atoms with van der Waals surface area (Å²) in [5.74, 6) is -1.30. The Morgan fingerprint density at radius 2 is 1.34 bits per heavy atom. The summed E-state index contributed by atoms with van der Waals surface area (Å²) >= 11 is 3.84. The van der Waals surface area contributed by atoms with Crippen LogP contribution in [-0.2, 0) is 29.5 Å². The third-order valence-corrected chi connectivity index (χ3v) is 15.4. The number of oxime groups is 1. The Morgan fingerprint density at radius 3 is 1.91 bits per heavy atom. The first-order valence-corrected chi connectivity index (χ1v) is 24.2. The van der Waals surface area contributed by atoms with E-state index in [1.165, 1.54) is 30.2 Å². The molecule has 0 aliphatic carbocycles. The van der Waals surface area contributed by atoms with Crippen molar-refractivity contribution in [3.63, 3.8) is 0 Å². The highest BCUT2D eigenvalue weighted by Gasteiger charge is 2.59. The summed E-state index contributed by atoms with van der Waals surface area (Å²) in [4.78, 5) is 59.6. The second-order valence-electron chi connectivity index (χ2n) is 15.9. The lowest BCUT2D eigenvalue weighted by atomic mass is 9.77. The summed E-state index contributed by atoms with van der Waals surface area (Å²) < 4.78 is 11.3. The van der Waals surface area contributed by atoms with Crippen molar-refractivity contribution in [2.75, 3.05) is 24.7 Å². The number of carbonyl (C=O) groups excluding carboxylic acids is 3. The van der Waals surface area contributed by atoms with Crippen LogP contribution in [0.3, 0.4) is 0 Å². The number of ether oxygens (including phenoxy) is 1. The Hall–Kier alpha value is -7.20. The van der Waals surface area contributed by atoms with Crippen LogP contribution >= 0.6 is 34.9 Å². The van der Waals surface area contributed by atoms with Gasteiger partial charge < -0.3 is 29.5 Å². The molecule has 4 heterocycles. The van der Waals surface area contributed by atoms with Gasteiger partial charge in [0.2, 0.25) is 5.91 Å². The van der Waals surface area contributed by atoms with E-state index in [4.69, 9.17) is 19.0 Å². The monoisotopic (exact) mass is 942 g/mol. The van der Waals surface area contributed by atoms with Gasteiger partial charge in [0.25, 0.3) is 11.1 Å². The maximum Gasteiger partial charge on any atom is 0.326 e. The van der Waals surface area contributed by atoms with Gasteiger partial charge in [0.15, 0.2) is 22.5 Å². The van der Waals surface area contributed by atoms with Crippen LogP contribution in [0.5, 0.6) is 0 Å². The Balaban J connectivity index is 0.900. The highest BCUT2D eigenvalue weighted by Crippen LogP contribution is 2.48. The molecule has 0 saturated carbocycles. The fourth-order valence-electron chi connectivity index (χ4n) is 8.53. The minimum absolute atomic E-state index is 0.0134. The number of anilines is 1. The molecule has 0 bridgehead atoms. The van der Waals surface area contributed by atoms with E-state index in [0.717, 1.165) is 39.6 Å². The van der Waals surface area contributed by atoms with Gasteiger partial charge in [-0.15, -0.1) is 23.1 Å². The van der Waals surface area contributed by atoms with Crippen LogP contribution in [0.2, 0.25) is 0 Å². The van der Waals surface area contributed by atoms with Crippen molar-refractivity contribution in [1.29, 1.82) is 0 Å². The number of carbonyl (C=O) groups is 3. The molecular weight excluding hydrogens is 901 g/mol. The fraction of sp³-hybridized carbons (Fsp3) is 0.154. The lowest BCUT2D eigenvalue weighted by Gasteiger charge is -2.53. The highest BCUT2D eigenvalue weighted by molar-refractivity contribution is 8.04. The lowest BCUT2D eigenvalue weighted by Crippen LogP contribution is -2.75. The number of β-lactam (4-membered cyclic amide) rings is 1. The molecule has 2 N–H and O–H groups in total. The maximum atomic E-state index is 14.8. The molecule has 334 valence electrons. The number of hydrogen-bond acceptors (Lipinski definition) is 13. The van der Waals surface area contributed by atoms with Crippen LogP contribution in [0.25, 0.3) is 11.1 Å². The summed E-state index contributed by atoms with van der Waals surface area (Å²) in [5.41, 5.74) is 5.09. The average Bonchev–Trinajstić information content (AvgIpc) is 4.03. The number of esters is 1. The zero-order valence-electron chi connectivity index (χ0n) is 35.9. The molecule has 6 aromatic carbocycles. The third kappa shape index (κ3) is 8.57. The van der Waals surface area contributed by atoms with Crippen LogP contribution in [-0.4, -0.2) is 73.9 Å². The van der Waals surface area contributed by atoms with Gasteiger partial charge in [-0.25, -0.2) is 9.97 Å². The van der Waals surface area contributed by atoms with Crippen molar-refractivity contribution in [2.24, 2.45) is 5.16 Å². The quantitative estimate of drug-likeness (QED) is 0.0333. The molecule has 0 radical (unpaired) electrons. The van der Waals surface area contributed by atoms with Crippen molar-refractivity contribution in [3.05, 3.63) is 215 Å². The molecule has 15 heteroatoms. The predicted octanol–water partition coefficient (Wildman–Crippen LogP) is 9.30. The molecule has 2 aromatic heterocycles. The first kappa shape index (κ1) is 43.7. The number of nitrogens with one attached hydrogen (secondary N) is 2. The van der Waals surface area contributed by atoms with Gasteiger partial charge in [-0.05, 0) is 51.7 Å². The number of oxazole rings is 1. The minimum atomic E-state index is -1.32. The van der Waals surface area contributed by atoms with Crippen molar-refractivity contribution < 1.29 is 28.4 Å². The first-order chi connectivity index (χ1) is 32.8. The molecule has 2 fully saturated rings. The van der Waals surface area contributed by atoms with Gasteiger partial charge >= 0.3 is 5.97 Å². The largest absolute Gasteiger partial charge is 0.451 e. The number of para-hydroxylation sites is 2. The molecule has 2 unspecified atom stereocenters. The molecule has 67 heavy (non-hydrogen) atoms. The summed E-state index contributed by atoms with van der Waals surface area (Å²) in [6, 6.07) is 55.9. The Bertz CT molecular complexity index is 2880. The zero-order chi connectivity index (χ0) is 45.8. The topological polar surface area (TPSA) is 148 Å². The van der Waals surface area contributed by atoms with Crippen LogP contribution in [0.15, 0.2) is 196 Å². The SMILES string of the molecule is CON=C(C(=O)NC1C(=O)N2CC(Sc3nc4ccccc4o3)(C(=O)OC(c3ccccc3)c3ccccc3)CS[C@H]12)c1csc(NC(c2ccccc2)(c2ccccc2)c2ccccc2)n1. The van der Waals surface area contributed by atoms with Crippen LogP contribution in [0.4, 0.5) is 5.13 Å². The standard InChI is InChI=1S/C52H42N6O6S3/c1-62-57-42(40-31-65-49(53-40)56-52(36-23-11-4-12-24-36,37-25-13-5-14-26-37)38-27-15-6-16-28-38)45(59)55-43-46(60)58-32-51(33-66-47(43)58,67-50-54-39-29-17-18-30-41(39)63-50)48(61)64-44(34-19-7-2-8-20-34)35-21-9-3-10-22-35/h2-31,43-44,47H,32-33H2,1H3,(H,53,56)(H,55,59)/t43?,47-,51?/m1/s1. The van der Waals surface area contributed by atoms with Crippen molar-refractivity contribution in [2.45, 2.75) is 33.0 Å². The van der Waals surface area contributed by atoms with E-state index in [0.29, 0.717) is 16.2 Å². The van der Waals surface area contributed by atoms with Crippen molar-refractivity contribution in [3.8, 4) is 0 Å². The number of fused-ring (bicyclic) bond motifs is 2. The number of amides is 2. The summed E-state index contributed by atoms with van der Waals surface area (Å²) in [6.45, 7) is -0.0134. The van der Waals surface area contributed by atoms with E-state index in [1.54, 1.807) is 10.3 Å². The van der Waals surface area contributed by atoms with Gasteiger partial charge in [0.1, 0.15) is 40.0 Å². The van der Waals surface area contributed by atoms with E-state index in [9.17, 15) is 14.4 Å². The first-order valence-electron chi connectivity index (χ1n) is 21.5. The number of aromatic nitrogens is 2. The molecule has 2 aliphatic rings. The Kier molecular flexibility index (Phi) is 12.4. The van der Waals surface area contributed by atoms with Crippen molar-refractivity contribution in [1.82, 2.24) is 20.2 Å². The molecule has 12 nitrogen and oxygen atoms in total. The molecule has 0 spiro atoms. The van der Waals surface area contributed by atoms with E-state index in [-0.39, 0.29) is 34.8 Å². The minimum Gasteiger partial charge on any atom is -0.451 e. The molecule has 3 atom stereocenters. The molecular formula is C52H42N6O6S3. The second-order valence-corrected chi connectivity index (χ2v) is 19.2. The smallest absolute Gasteiger partial charge is 0.326 e. The van der Waals surface area contributed by atoms with Gasteiger partial charge in [-0.3, -0.25) is 14.4 Å². The number of benzene rings is 6. The van der Waals surface area contributed by atoms with Gasteiger partial charge in [-0.1, -0.05) is 169 Å². The lowest BCUT2D eigenvalue weighted by molar-refractivity contribution is -0.155. The summed E-state index contributed by atoms with van der Waals surface area (Å²) in [7, 11) is 1.35. The molecule has 8 aromatic rings. The predicted molar refractivity (Wildman–Crippen MR) is 262 cm³/mol. The van der Waals surface area contributed by atoms with E-state index in [1.807, 2.05) is 140 Å².